The van der Waals surface area contributed by atoms with E-state index in [9.17, 15) is 10.1 Å². The molecule has 1 amide bonds. The molecule has 2 bridgehead atoms. The number of nitrogens with zero attached hydrogens (tertiary/aromatic N) is 3. The number of nitriles is 1. The van der Waals surface area contributed by atoms with Gasteiger partial charge < -0.3 is 15.4 Å². The molecule has 7 nitrogen and oxygen atoms in total. The van der Waals surface area contributed by atoms with Crippen molar-refractivity contribution in [2.75, 3.05) is 7.11 Å². The van der Waals surface area contributed by atoms with Crippen LogP contribution in [0.4, 0.5) is 0 Å². The predicted molar refractivity (Wildman–Crippen MR) is 103 cm³/mol. The van der Waals surface area contributed by atoms with Gasteiger partial charge in [0.1, 0.15) is 6.04 Å². The molecular weight excluding hydrogens is 354 g/mol. The molecule has 0 spiro atoms. The first-order valence-corrected chi connectivity index (χ1v) is 9.57. The van der Waals surface area contributed by atoms with Crippen LogP contribution in [0.5, 0.6) is 6.01 Å². The Morgan fingerprint density at radius 2 is 2.04 bits per heavy atom. The number of hydrogen-bond acceptors (Lipinski definition) is 6. The van der Waals surface area contributed by atoms with E-state index in [1.165, 1.54) is 7.11 Å². The maximum absolute atomic E-state index is 12.5. The quantitative estimate of drug-likeness (QED) is 0.797. The van der Waals surface area contributed by atoms with Crippen molar-refractivity contribution in [3.63, 3.8) is 0 Å². The van der Waals surface area contributed by atoms with Crippen LogP contribution in [-0.4, -0.2) is 41.1 Å². The number of piperidine rings is 1. The van der Waals surface area contributed by atoms with E-state index in [0.717, 1.165) is 36.0 Å². The van der Waals surface area contributed by atoms with Gasteiger partial charge in [0.25, 0.3) is 0 Å². The highest BCUT2D eigenvalue weighted by molar-refractivity contribution is 5.83. The van der Waals surface area contributed by atoms with Gasteiger partial charge in [-0.1, -0.05) is 24.3 Å². The monoisotopic (exact) mass is 377 g/mol. The normalized spacial score (nSPS) is 23.8. The fourth-order valence-electron chi connectivity index (χ4n) is 4.18. The summed E-state index contributed by atoms with van der Waals surface area (Å²) in [5.41, 5.74) is 2.86. The molecule has 7 heteroatoms. The number of nitrogens with one attached hydrogen (secondary N) is 2. The first-order chi connectivity index (χ1) is 13.7. The van der Waals surface area contributed by atoms with Crippen molar-refractivity contribution in [3.8, 4) is 23.2 Å². The van der Waals surface area contributed by atoms with Gasteiger partial charge in [-0.25, -0.2) is 9.97 Å². The van der Waals surface area contributed by atoms with Crippen molar-refractivity contribution in [3.05, 3.63) is 42.2 Å². The highest BCUT2D eigenvalue weighted by Crippen LogP contribution is 2.35. The van der Waals surface area contributed by atoms with Crippen molar-refractivity contribution in [1.82, 2.24) is 20.6 Å². The Balaban J connectivity index is 1.37. The Kier molecular flexibility index (Phi) is 5.22. The predicted octanol–water partition coefficient (Wildman–Crippen LogP) is 1.84. The third kappa shape index (κ3) is 3.82. The van der Waals surface area contributed by atoms with Crippen LogP contribution >= 0.6 is 0 Å². The van der Waals surface area contributed by atoms with Crippen LogP contribution in [0.25, 0.3) is 11.1 Å². The summed E-state index contributed by atoms with van der Waals surface area (Å²) in [4.78, 5) is 20.8. The number of benzene rings is 1. The number of amides is 1. The molecule has 2 aromatic rings. The van der Waals surface area contributed by atoms with E-state index in [1.54, 1.807) is 12.4 Å². The first kappa shape index (κ1) is 18.4. The van der Waals surface area contributed by atoms with E-state index < -0.39 is 6.04 Å². The van der Waals surface area contributed by atoms with Crippen molar-refractivity contribution >= 4 is 5.91 Å². The highest BCUT2D eigenvalue weighted by Gasteiger charge is 2.43. The summed E-state index contributed by atoms with van der Waals surface area (Å²) < 4.78 is 4.97. The number of hydrogen-bond donors (Lipinski definition) is 2. The zero-order valence-electron chi connectivity index (χ0n) is 15.8. The third-order valence-electron chi connectivity index (χ3n) is 5.65. The summed E-state index contributed by atoms with van der Waals surface area (Å²) in [5, 5.41) is 15.8. The fourth-order valence-corrected chi connectivity index (χ4v) is 4.18. The summed E-state index contributed by atoms with van der Waals surface area (Å²) in [5.74, 6) is 0.362. The average Bonchev–Trinajstić information content (AvgIpc) is 3.37. The lowest BCUT2D eigenvalue weighted by Crippen LogP contribution is -2.50. The summed E-state index contributed by atoms with van der Waals surface area (Å²) in [7, 11) is 1.53. The minimum absolute atomic E-state index is 0.0502. The van der Waals surface area contributed by atoms with Gasteiger partial charge in [-0.3, -0.25) is 4.79 Å². The molecule has 2 heterocycles. The number of rotatable bonds is 6. The second-order valence-corrected chi connectivity index (χ2v) is 7.46. The molecule has 1 saturated carbocycles. The van der Waals surface area contributed by atoms with Crippen LogP contribution in [-0.2, 0) is 11.2 Å². The van der Waals surface area contributed by atoms with Crippen molar-refractivity contribution < 1.29 is 9.53 Å². The molecule has 2 N–H and O–H groups in total. The number of ether oxygens (including phenoxy) is 1. The Morgan fingerprint density at radius 3 is 2.61 bits per heavy atom. The van der Waals surface area contributed by atoms with Gasteiger partial charge in [0, 0.05) is 30.4 Å². The molecule has 1 aliphatic carbocycles. The second-order valence-electron chi connectivity index (χ2n) is 7.46. The molecule has 2 fully saturated rings. The highest BCUT2D eigenvalue weighted by atomic mass is 16.5. The van der Waals surface area contributed by atoms with Crippen molar-refractivity contribution in [2.45, 2.75) is 43.8 Å². The zero-order valence-corrected chi connectivity index (χ0v) is 15.8. The molecule has 0 unspecified atom stereocenters. The molecular formula is C21H23N5O2. The molecule has 1 aromatic heterocycles. The van der Waals surface area contributed by atoms with Gasteiger partial charge in [-0.05, 0) is 36.3 Å². The van der Waals surface area contributed by atoms with Gasteiger partial charge in [0.2, 0.25) is 5.91 Å². The molecule has 2 aliphatic rings. The molecule has 28 heavy (non-hydrogen) atoms. The van der Waals surface area contributed by atoms with Crippen LogP contribution in [0, 0.1) is 17.2 Å². The average molecular weight is 377 g/mol. The zero-order chi connectivity index (χ0) is 19.5. The van der Waals surface area contributed by atoms with E-state index in [2.05, 4.69) is 26.7 Å². The van der Waals surface area contributed by atoms with E-state index in [-0.39, 0.29) is 11.9 Å². The third-order valence-corrected chi connectivity index (χ3v) is 5.65. The number of carbonyl (C=O) groups is 1. The number of aromatic nitrogens is 2. The lowest BCUT2D eigenvalue weighted by molar-refractivity contribution is -0.124. The Hall–Kier alpha value is -2.98. The van der Waals surface area contributed by atoms with Crippen molar-refractivity contribution in [1.29, 1.82) is 5.26 Å². The fraction of sp³-hybridized carbons (Fsp3) is 0.429. The van der Waals surface area contributed by atoms with Gasteiger partial charge in [-0.2, -0.15) is 5.26 Å². The van der Waals surface area contributed by atoms with E-state index in [4.69, 9.17) is 4.74 Å². The van der Waals surface area contributed by atoms with E-state index in [0.29, 0.717) is 24.4 Å². The maximum atomic E-state index is 12.5. The maximum Gasteiger partial charge on any atom is 0.316 e. The molecule has 4 atom stereocenters. The molecule has 1 aliphatic heterocycles. The van der Waals surface area contributed by atoms with Gasteiger partial charge in [-0.15, -0.1) is 0 Å². The van der Waals surface area contributed by atoms with Crippen LogP contribution < -0.4 is 15.4 Å². The Bertz CT molecular complexity index is 875. The molecule has 0 radical (unpaired) electrons. The van der Waals surface area contributed by atoms with Crippen LogP contribution in [0.3, 0.4) is 0 Å². The van der Waals surface area contributed by atoms with E-state index >= 15 is 0 Å². The topological polar surface area (TPSA) is 99.9 Å². The Morgan fingerprint density at radius 1 is 1.29 bits per heavy atom. The molecule has 1 aromatic carbocycles. The van der Waals surface area contributed by atoms with Gasteiger partial charge in [0.15, 0.2) is 0 Å². The number of carbonyl (C=O) groups excluding carboxylic acids is 1. The minimum atomic E-state index is -0.538. The second kappa shape index (κ2) is 7.95. The molecule has 1 saturated heterocycles. The summed E-state index contributed by atoms with van der Waals surface area (Å²) in [6, 6.07) is 10.2. The lowest BCUT2D eigenvalue weighted by Gasteiger charge is -2.23. The SMILES string of the molecule is COc1ncc(-c2ccc(C[C@@H](C#N)NC(=O)[C@H]3N[C@@H]4CC[C@H]3C4)cc2)cn1. The van der Waals surface area contributed by atoms with E-state index in [1.807, 2.05) is 24.3 Å². The Labute approximate surface area is 164 Å². The summed E-state index contributed by atoms with van der Waals surface area (Å²) in [6.45, 7) is 0. The van der Waals surface area contributed by atoms with Crippen LogP contribution in [0.2, 0.25) is 0 Å². The first-order valence-electron chi connectivity index (χ1n) is 9.57. The summed E-state index contributed by atoms with van der Waals surface area (Å²) in [6.07, 6.45) is 7.22. The van der Waals surface area contributed by atoms with Crippen molar-refractivity contribution in [2.24, 2.45) is 5.92 Å². The smallest absolute Gasteiger partial charge is 0.316 e. The minimum Gasteiger partial charge on any atom is -0.467 e. The lowest BCUT2D eigenvalue weighted by atomic mass is 9.98. The van der Waals surface area contributed by atoms with Crippen LogP contribution in [0.1, 0.15) is 24.8 Å². The molecule has 4 rings (SSSR count). The van der Waals surface area contributed by atoms with Gasteiger partial charge >= 0.3 is 6.01 Å². The largest absolute Gasteiger partial charge is 0.467 e. The molecule has 144 valence electrons. The van der Waals surface area contributed by atoms with Crippen LogP contribution in [0.15, 0.2) is 36.7 Å². The van der Waals surface area contributed by atoms with Gasteiger partial charge in [0.05, 0.1) is 19.2 Å². The number of fused-ring (bicyclic) bond motifs is 2. The summed E-state index contributed by atoms with van der Waals surface area (Å²) >= 11 is 0. The standard InChI is InChI=1S/C21H23N5O2/c1-28-21-23-11-16(12-24-21)14-4-2-13(3-5-14)8-18(10-22)26-20(27)19-15-6-7-17(9-15)25-19/h2-5,11-12,15,17-19,25H,6-9H2,1H3,(H,26,27)/t15-,17+,18-,19-/m0/s1. The number of methoxy groups -OCH3 is 1.